The predicted molar refractivity (Wildman–Crippen MR) is 59.5 cm³/mol. The summed E-state index contributed by atoms with van der Waals surface area (Å²) in [5.74, 6) is -0.194. The van der Waals surface area contributed by atoms with E-state index >= 15 is 0 Å². The molecule has 0 aliphatic rings. The third kappa shape index (κ3) is 2.56. The first-order valence-electron chi connectivity index (χ1n) is 4.68. The highest BCUT2D eigenvalue weighted by molar-refractivity contribution is 5.68. The van der Waals surface area contributed by atoms with Crippen LogP contribution in [0.3, 0.4) is 0 Å². The first-order valence-corrected chi connectivity index (χ1v) is 4.68. The Morgan fingerprint density at radius 3 is 2.29 bits per heavy atom. The summed E-state index contributed by atoms with van der Waals surface area (Å²) in [5.41, 5.74) is 3.54. The van der Waals surface area contributed by atoms with Gasteiger partial charge in [0.25, 0.3) is 0 Å². The molecule has 0 heterocycles. The van der Waals surface area contributed by atoms with Gasteiger partial charge in [0.05, 0.1) is 0 Å². The smallest absolute Gasteiger partial charge is 0.123 e. The SMILES string of the molecule is C=CCC(=C(C)C)c1ccc(F)cc1. The van der Waals surface area contributed by atoms with E-state index in [4.69, 9.17) is 0 Å². The van der Waals surface area contributed by atoms with Gasteiger partial charge in [-0.3, -0.25) is 0 Å². The molecule has 0 radical (unpaired) electrons. The average molecular weight is 190 g/mol. The van der Waals surface area contributed by atoms with Gasteiger partial charge in [-0.15, -0.1) is 6.58 Å². The lowest BCUT2D eigenvalue weighted by molar-refractivity contribution is 0.627. The van der Waals surface area contributed by atoms with E-state index in [1.54, 1.807) is 12.1 Å². The number of halogens is 1. The minimum absolute atomic E-state index is 0.194. The molecule has 0 fully saturated rings. The van der Waals surface area contributed by atoms with Crippen LogP contribution in [0.4, 0.5) is 4.39 Å². The van der Waals surface area contributed by atoms with Gasteiger partial charge in [-0.2, -0.15) is 0 Å². The summed E-state index contributed by atoms with van der Waals surface area (Å²) >= 11 is 0. The molecule has 0 amide bonds. The van der Waals surface area contributed by atoms with Crippen LogP contribution in [0.2, 0.25) is 0 Å². The lowest BCUT2D eigenvalue weighted by Crippen LogP contribution is -1.86. The average Bonchev–Trinajstić information content (AvgIpc) is 2.15. The molecular weight excluding hydrogens is 175 g/mol. The fourth-order valence-corrected chi connectivity index (χ4v) is 1.41. The summed E-state index contributed by atoms with van der Waals surface area (Å²) in [6.07, 6.45) is 2.69. The quantitative estimate of drug-likeness (QED) is 0.627. The standard InChI is InChI=1S/C13H15F/c1-4-5-13(10(2)3)11-6-8-12(14)9-7-11/h4,6-9H,1,5H2,2-3H3. The van der Waals surface area contributed by atoms with Gasteiger partial charge in [0.2, 0.25) is 0 Å². The maximum atomic E-state index is 12.7. The summed E-state index contributed by atoms with van der Waals surface area (Å²) in [6, 6.07) is 6.59. The highest BCUT2D eigenvalue weighted by Gasteiger charge is 2.01. The third-order valence-corrected chi connectivity index (χ3v) is 2.14. The Labute approximate surface area is 84.8 Å². The molecule has 74 valence electrons. The maximum absolute atomic E-state index is 12.7. The molecule has 0 saturated heterocycles. The van der Waals surface area contributed by atoms with E-state index in [1.165, 1.54) is 23.3 Å². The topological polar surface area (TPSA) is 0 Å². The van der Waals surface area contributed by atoms with Crippen molar-refractivity contribution in [2.24, 2.45) is 0 Å². The number of allylic oxidation sites excluding steroid dienone is 3. The van der Waals surface area contributed by atoms with E-state index in [1.807, 2.05) is 6.08 Å². The Hall–Kier alpha value is -1.37. The first-order chi connectivity index (χ1) is 6.65. The van der Waals surface area contributed by atoms with Gasteiger partial charge >= 0.3 is 0 Å². The van der Waals surface area contributed by atoms with Crippen LogP contribution < -0.4 is 0 Å². The number of hydrogen-bond donors (Lipinski definition) is 0. The Morgan fingerprint density at radius 1 is 1.29 bits per heavy atom. The molecule has 0 saturated carbocycles. The zero-order valence-electron chi connectivity index (χ0n) is 8.68. The predicted octanol–water partition coefficient (Wildman–Crippen LogP) is 4.20. The van der Waals surface area contributed by atoms with E-state index < -0.39 is 0 Å². The fraction of sp³-hybridized carbons (Fsp3) is 0.231. The van der Waals surface area contributed by atoms with E-state index in [0.29, 0.717) is 0 Å². The Kier molecular flexibility index (Phi) is 3.63. The zero-order chi connectivity index (χ0) is 10.6. The number of hydrogen-bond acceptors (Lipinski definition) is 0. The second-order valence-electron chi connectivity index (χ2n) is 3.48. The van der Waals surface area contributed by atoms with E-state index in [0.717, 1.165) is 12.0 Å². The maximum Gasteiger partial charge on any atom is 0.123 e. The van der Waals surface area contributed by atoms with Crippen molar-refractivity contribution >= 4 is 5.57 Å². The molecule has 0 spiro atoms. The lowest BCUT2D eigenvalue weighted by Gasteiger charge is -2.07. The van der Waals surface area contributed by atoms with Crippen LogP contribution in [0.25, 0.3) is 5.57 Å². The van der Waals surface area contributed by atoms with Crippen molar-refractivity contribution in [1.82, 2.24) is 0 Å². The summed E-state index contributed by atoms with van der Waals surface area (Å²) in [4.78, 5) is 0. The van der Waals surface area contributed by atoms with Crippen molar-refractivity contribution in [2.75, 3.05) is 0 Å². The second-order valence-corrected chi connectivity index (χ2v) is 3.48. The molecular formula is C13H15F. The van der Waals surface area contributed by atoms with Gasteiger partial charge in [-0.05, 0) is 43.5 Å². The highest BCUT2D eigenvalue weighted by Crippen LogP contribution is 2.22. The van der Waals surface area contributed by atoms with Gasteiger partial charge in [0.15, 0.2) is 0 Å². The number of rotatable bonds is 3. The minimum Gasteiger partial charge on any atom is -0.207 e. The lowest BCUT2D eigenvalue weighted by atomic mass is 9.98. The summed E-state index contributed by atoms with van der Waals surface area (Å²) in [5, 5.41) is 0. The van der Waals surface area contributed by atoms with Crippen LogP contribution in [0, 0.1) is 5.82 Å². The number of benzene rings is 1. The molecule has 0 nitrogen and oxygen atoms in total. The molecule has 0 N–H and O–H groups in total. The van der Waals surface area contributed by atoms with Gasteiger partial charge in [0, 0.05) is 0 Å². The molecule has 1 rings (SSSR count). The summed E-state index contributed by atoms with van der Waals surface area (Å²) < 4.78 is 12.7. The summed E-state index contributed by atoms with van der Waals surface area (Å²) in [6.45, 7) is 7.83. The minimum atomic E-state index is -0.194. The molecule has 1 aromatic carbocycles. The molecule has 0 aromatic heterocycles. The first kappa shape index (κ1) is 10.7. The second kappa shape index (κ2) is 4.75. The Balaban J connectivity index is 3.07. The molecule has 0 aliphatic heterocycles. The van der Waals surface area contributed by atoms with Crippen molar-refractivity contribution in [3.05, 3.63) is 53.9 Å². The highest BCUT2D eigenvalue weighted by atomic mass is 19.1. The van der Waals surface area contributed by atoms with Gasteiger partial charge in [-0.25, -0.2) is 4.39 Å². The van der Waals surface area contributed by atoms with Crippen LogP contribution in [0.5, 0.6) is 0 Å². The van der Waals surface area contributed by atoms with Gasteiger partial charge < -0.3 is 0 Å². The molecule has 14 heavy (non-hydrogen) atoms. The Morgan fingerprint density at radius 2 is 1.86 bits per heavy atom. The van der Waals surface area contributed by atoms with Crippen LogP contribution in [-0.2, 0) is 0 Å². The molecule has 0 aliphatic carbocycles. The van der Waals surface area contributed by atoms with Crippen LogP contribution in [0.15, 0.2) is 42.5 Å². The molecule has 1 heteroatoms. The van der Waals surface area contributed by atoms with E-state index in [9.17, 15) is 4.39 Å². The van der Waals surface area contributed by atoms with Crippen molar-refractivity contribution < 1.29 is 4.39 Å². The Bertz CT molecular complexity index is 340. The molecule has 0 atom stereocenters. The molecule has 1 aromatic rings. The monoisotopic (exact) mass is 190 g/mol. The van der Waals surface area contributed by atoms with Crippen molar-refractivity contribution in [1.29, 1.82) is 0 Å². The fourth-order valence-electron chi connectivity index (χ4n) is 1.41. The van der Waals surface area contributed by atoms with E-state index in [-0.39, 0.29) is 5.82 Å². The largest absolute Gasteiger partial charge is 0.207 e. The third-order valence-electron chi connectivity index (χ3n) is 2.14. The molecule has 0 bridgehead atoms. The van der Waals surface area contributed by atoms with Crippen LogP contribution in [0.1, 0.15) is 25.8 Å². The van der Waals surface area contributed by atoms with Gasteiger partial charge in [-0.1, -0.05) is 23.8 Å². The van der Waals surface area contributed by atoms with Crippen LogP contribution in [-0.4, -0.2) is 0 Å². The van der Waals surface area contributed by atoms with Crippen LogP contribution >= 0.6 is 0 Å². The zero-order valence-corrected chi connectivity index (χ0v) is 8.68. The van der Waals surface area contributed by atoms with E-state index in [2.05, 4.69) is 20.4 Å². The summed E-state index contributed by atoms with van der Waals surface area (Å²) in [7, 11) is 0. The normalized spacial score (nSPS) is 9.64. The van der Waals surface area contributed by atoms with Crippen molar-refractivity contribution in [2.45, 2.75) is 20.3 Å². The molecule has 0 unspecified atom stereocenters. The van der Waals surface area contributed by atoms with Crippen molar-refractivity contribution in [3.63, 3.8) is 0 Å². The van der Waals surface area contributed by atoms with Crippen molar-refractivity contribution in [3.8, 4) is 0 Å². The van der Waals surface area contributed by atoms with Gasteiger partial charge in [0.1, 0.15) is 5.82 Å².